The average molecular weight is 558 g/mol. The van der Waals surface area contributed by atoms with Gasteiger partial charge in [-0.3, -0.25) is 9.36 Å². The molecule has 5 rings (SSSR count). The number of carbonyl (C=O) groups excluding carboxylic acids is 1. The van der Waals surface area contributed by atoms with Gasteiger partial charge in [0.05, 0.1) is 0 Å². The minimum Gasteiger partial charge on any atom is -0.358 e. The first-order chi connectivity index (χ1) is 19.1. The maximum Gasteiger partial charge on any atom is 0.243 e. The predicted molar refractivity (Wildman–Crippen MR) is 157 cm³/mol. The fraction of sp³-hybridized carbons (Fsp3) is 0.172. The smallest absolute Gasteiger partial charge is 0.243 e. The van der Waals surface area contributed by atoms with Crippen molar-refractivity contribution in [3.05, 3.63) is 118 Å². The van der Waals surface area contributed by atoms with Crippen LogP contribution in [0.25, 0.3) is 5.82 Å². The summed E-state index contributed by atoms with van der Waals surface area (Å²) in [5, 5.41) is 12.4. The van der Waals surface area contributed by atoms with Crippen molar-refractivity contribution in [1.82, 2.24) is 24.8 Å². The van der Waals surface area contributed by atoms with Crippen LogP contribution in [0.3, 0.4) is 0 Å². The number of nitrogens with zero attached hydrogens (tertiary/aromatic N) is 4. The van der Waals surface area contributed by atoms with E-state index in [1.807, 2.05) is 76.8 Å². The number of thiophene rings is 1. The molecule has 0 unspecified atom stereocenters. The summed E-state index contributed by atoms with van der Waals surface area (Å²) in [6.07, 6.45) is 6.55. The molecule has 198 valence electrons. The van der Waals surface area contributed by atoms with Crippen LogP contribution in [0.4, 0.5) is 11.8 Å². The van der Waals surface area contributed by atoms with E-state index in [1.54, 1.807) is 23.9 Å². The van der Waals surface area contributed by atoms with Crippen LogP contribution in [0.1, 0.15) is 16.0 Å². The number of rotatable bonds is 12. The van der Waals surface area contributed by atoms with E-state index >= 15 is 0 Å². The largest absolute Gasteiger partial charge is 0.358 e. The summed E-state index contributed by atoms with van der Waals surface area (Å²) >= 11 is 7.62. The van der Waals surface area contributed by atoms with Crippen molar-refractivity contribution in [1.29, 1.82) is 0 Å². The zero-order valence-electron chi connectivity index (χ0n) is 21.1. The van der Waals surface area contributed by atoms with E-state index in [1.165, 1.54) is 5.56 Å². The van der Waals surface area contributed by atoms with Crippen molar-refractivity contribution in [2.45, 2.75) is 25.4 Å². The molecule has 0 aliphatic heterocycles. The highest BCUT2D eigenvalue weighted by atomic mass is 35.5. The van der Waals surface area contributed by atoms with E-state index in [0.29, 0.717) is 42.1 Å². The van der Waals surface area contributed by atoms with E-state index in [4.69, 9.17) is 16.6 Å². The molecule has 1 atom stereocenters. The number of imidazole rings is 1. The number of hydrogen-bond donors (Lipinski definition) is 3. The van der Waals surface area contributed by atoms with Gasteiger partial charge in [0.1, 0.15) is 24.0 Å². The van der Waals surface area contributed by atoms with Crippen molar-refractivity contribution >= 4 is 40.6 Å². The third-order valence-electron chi connectivity index (χ3n) is 6.03. The van der Waals surface area contributed by atoms with Gasteiger partial charge in [-0.2, -0.15) is 9.97 Å². The fourth-order valence-corrected chi connectivity index (χ4v) is 4.89. The van der Waals surface area contributed by atoms with Gasteiger partial charge >= 0.3 is 0 Å². The van der Waals surface area contributed by atoms with Crippen LogP contribution in [0.2, 0.25) is 5.02 Å². The maximum atomic E-state index is 13.4. The number of anilines is 2. The van der Waals surface area contributed by atoms with Crippen LogP contribution < -0.4 is 16.0 Å². The normalized spacial score (nSPS) is 11.6. The second-order valence-electron chi connectivity index (χ2n) is 8.89. The van der Waals surface area contributed by atoms with E-state index in [0.717, 1.165) is 16.9 Å². The van der Waals surface area contributed by atoms with Gasteiger partial charge in [0.25, 0.3) is 0 Å². The molecule has 0 fully saturated rings. The molecule has 3 aromatic heterocycles. The molecule has 0 bridgehead atoms. The first-order valence-electron chi connectivity index (χ1n) is 12.6. The van der Waals surface area contributed by atoms with Crippen LogP contribution in [0.5, 0.6) is 0 Å². The van der Waals surface area contributed by atoms with Crippen molar-refractivity contribution in [2.24, 2.45) is 0 Å². The Hall–Kier alpha value is -4.21. The molecule has 0 spiro atoms. The Morgan fingerprint density at radius 3 is 2.59 bits per heavy atom. The minimum atomic E-state index is -0.543. The number of aromatic nitrogens is 4. The van der Waals surface area contributed by atoms with Crippen molar-refractivity contribution < 1.29 is 4.79 Å². The molecule has 0 saturated heterocycles. The van der Waals surface area contributed by atoms with Crippen molar-refractivity contribution in [2.75, 3.05) is 17.2 Å². The standard InChI is InChI=1S/C29H28ClN7OS/c30-23-10-8-22(9-11-23)19-33-28(38)25(17-24-7-4-16-39-24)34-26-18-27(37-15-14-31-20-37)36-29(35-26)32-13-12-21-5-2-1-3-6-21/h1-11,14-16,18,20,25H,12-13,17,19H2,(H,33,38)(H2,32,34,35,36)/t25-/m1/s1. The Balaban J connectivity index is 1.34. The molecule has 0 saturated carbocycles. The SMILES string of the molecule is O=C(NCc1ccc(Cl)cc1)[C@@H](Cc1cccs1)Nc1cc(-n2ccnc2)nc(NCCc2ccccc2)n1. The highest BCUT2D eigenvalue weighted by molar-refractivity contribution is 7.09. The number of amides is 1. The summed E-state index contributed by atoms with van der Waals surface area (Å²) < 4.78 is 1.81. The summed E-state index contributed by atoms with van der Waals surface area (Å²) in [6.45, 7) is 1.06. The molecule has 3 heterocycles. The molecule has 10 heteroatoms. The minimum absolute atomic E-state index is 0.125. The van der Waals surface area contributed by atoms with E-state index in [2.05, 4.69) is 38.1 Å². The Labute approximate surface area is 236 Å². The van der Waals surface area contributed by atoms with Gasteiger partial charge in [0, 0.05) is 47.9 Å². The molecule has 39 heavy (non-hydrogen) atoms. The summed E-state index contributed by atoms with van der Waals surface area (Å²) in [7, 11) is 0. The van der Waals surface area contributed by atoms with E-state index < -0.39 is 6.04 Å². The maximum absolute atomic E-state index is 13.4. The lowest BCUT2D eigenvalue weighted by Gasteiger charge is -2.20. The number of carbonyl (C=O) groups is 1. The lowest BCUT2D eigenvalue weighted by molar-refractivity contribution is -0.122. The number of benzene rings is 2. The molecule has 8 nitrogen and oxygen atoms in total. The van der Waals surface area contributed by atoms with Crippen LogP contribution >= 0.6 is 22.9 Å². The Morgan fingerprint density at radius 1 is 1.00 bits per heavy atom. The second kappa shape index (κ2) is 13.0. The summed E-state index contributed by atoms with van der Waals surface area (Å²) in [4.78, 5) is 28.0. The summed E-state index contributed by atoms with van der Waals surface area (Å²) in [5.74, 6) is 1.53. The molecular weight excluding hydrogens is 530 g/mol. The quantitative estimate of drug-likeness (QED) is 0.191. The van der Waals surface area contributed by atoms with Crippen LogP contribution in [-0.4, -0.2) is 38.0 Å². The summed E-state index contributed by atoms with van der Waals surface area (Å²) in [6, 6.07) is 23.0. The van der Waals surface area contributed by atoms with Crippen LogP contribution in [0, 0.1) is 0 Å². The lowest BCUT2D eigenvalue weighted by Crippen LogP contribution is -2.41. The predicted octanol–water partition coefficient (Wildman–Crippen LogP) is 5.37. The van der Waals surface area contributed by atoms with Gasteiger partial charge in [-0.15, -0.1) is 11.3 Å². The van der Waals surface area contributed by atoms with Crippen LogP contribution in [-0.2, 0) is 24.2 Å². The summed E-state index contributed by atoms with van der Waals surface area (Å²) in [5.41, 5.74) is 2.19. The van der Waals surface area contributed by atoms with Gasteiger partial charge in [0.2, 0.25) is 11.9 Å². The molecule has 0 aliphatic rings. The van der Waals surface area contributed by atoms with Gasteiger partial charge in [-0.25, -0.2) is 4.98 Å². The first kappa shape index (κ1) is 26.4. The zero-order valence-corrected chi connectivity index (χ0v) is 22.7. The third kappa shape index (κ3) is 7.66. The Morgan fingerprint density at radius 2 is 1.85 bits per heavy atom. The molecule has 0 aliphatic carbocycles. The highest BCUT2D eigenvalue weighted by Crippen LogP contribution is 2.18. The van der Waals surface area contributed by atoms with E-state index in [-0.39, 0.29) is 5.91 Å². The first-order valence-corrected chi connectivity index (χ1v) is 13.8. The molecule has 5 aromatic rings. The topological polar surface area (TPSA) is 96.8 Å². The van der Waals surface area contributed by atoms with Gasteiger partial charge in [-0.1, -0.05) is 60.1 Å². The van der Waals surface area contributed by atoms with Gasteiger partial charge in [-0.05, 0) is 41.1 Å². The molecule has 0 radical (unpaired) electrons. The lowest BCUT2D eigenvalue weighted by atomic mass is 10.1. The van der Waals surface area contributed by atoms with Gasteiger partial charge < -0.3 is 16.0 Å². The number of hydrogen-bond acceptors (Lipinski definition) is 7. The zero-order chi connectivity index (χ0) is 26.9. The van der Waals surface area contributed by atoms with Crippen molar-refractivity contribution in [3.8, 4) is 5.82 Å². The second-order valence-corrected chi connectivity index (χ2v) is 10.4. The van der Waals surface area contributed by atoms with E-state index in [9.17, 15) is 4.79 Å². The monoisotopic (exact) mass is 557 g/mol. The molecule has 2 aromatic carbocycles. The third-order valence-corrected chi connectivity index (χ3v) is 7.18. The Kier molecular flexibility index (Phi) is 8.82. The van der Waals surface area contributed by atoms with Crippen molar-refractivity contribution in [3.63, 3.8) is 0 Å². The number of halogens is 1. The highest BCUT2D eigenvalue weighted by Gasteiger charge is 2.21. The average Bonchev–Trinajstić information content (AvgIpc) is 3.68. The number of nitrogens with one attached hydrogen (secondary N) is 3. The Bertz CT molecular complexity index is 1460. The fourth-order valence-electron chi connectivity index (χ4n) is 4.01. The molecule has 3 N–H and O–H groups in total. The van der Waals surface area contributed by atoms with Crippen LogP contribution in [0.15, 0.2) is 96.9 Å². The molecular formula is C29H28ClN7OS. The molecule has 1 amide bonds. The van der Waals surface area contributed by atoms with Gasteiger partial charge in [0.15, 0.2) is 0 Å².